The third-order valence-electron chi connectivity index (χ3n) is 2.80. The summed E-state index contributed by atoms with van der Waals surface area (Å²) in [5, 5.41) is 10.7. The maximum absolute atomic E-state index is 12.5. The lowest BCUT2D eigenvalue weighted by atomic mass is 10.3. The lowest BCUT2D eigenvalue weighted by Gasteiger charge is -2.15. The number of thiophene rings is 1. The second-order valence-corrected chi connectivity index (χ2v) is 8.66. The molecule has 114 valence electrons. The molecule has 0 saturated heterocycles. The highest BCUT2D eigenvalue weighted by Gasteiger charge is 2.28. The fourth-order valence-electron chi connectivity index (χ4n) is 1.77. The molecule has 2 aromatic rings. The Kier molecular flexibility index (Phi) is 4.57. The third kappa shape index (κ3) is 3.37. The van der Waals surface area contributed by atoms with Gasteiger partial charge in [0.2, 0.25) is 15.8 Å². The first-order valence-electron chi connectivity index (χ1n) is 5.75. The molecule has 9 heteroatoms. The number of carboxylic acids is 1. The van der Waals surface area contributed by atoms with Crippen LogP contribution in [0.5, 0.6) is 0 Å². The van der Waals surface area contributed by atoms with Crippen LogP contribution in [-0.4, -0.2) is 30.8 Å². The monoisotopic (exact) mass is 393 g/mol. The molecule has 0 bridgehead atoms. The molecular weight excluding hydrogens is 382 g/mol. The summed E-state index contributed by atoms with van der Waals surface area (Å²) in [6.07, 6.45) is 0. The van der Waals surface area contributed by atoms with E-state index in [1.54, 1.807) is 0 Å². The molecule has 2 heterocycles. The van der Waals surface area contributed by atoms with Crippen LogP contribution in [0.4, 0.5) is 0 Å². The van der Waals surface area contributed by atoms with Crippen molar-refractivity contribution in [3.05, 3.63) is 38.4 Å². The van der Waals surface area contributed by atoms with Crippen LogP contribution < -0.4 is 0 Å². The Morgan fingerprint density at radius 3 is 2.62 bits per heavy atom. The molecular formula is C12H12BrNO5S2. The Balaban J connectivity index is 2.30. The standard InChI is InChI=1S/C12H12BrNO5S2/c1-7-10(4-9(19-7)12(15)16)21(17,18)14(2)5-8-3-11(13)20-6-8/h3-4,6H,5H2,1-2H3,(H,15,16). The minimum Gasteiger partial charge on any atom is -0.475 e. The van der Waals surface area contributed by atoms with Crippen LogP contribution in [0.2, 0.25) is 0 Å². The van der Waals surface area contributed by atoms with Gasteiger partial charge >= 0.3 is 5.97 Å². The predicted molar refractivity (Wildman–Crippen MR) is 81.1 cm³/mol. The highest BCUT2D eigenvalue weighted by atomic mass is 79.9. The van der Waals surface area contributed by atoms with E-state index >= 15 is 0 Å². The topological polar surface area (TPSA) is 87.8 Å². The molecule has 0 aliphatic rings. The average Bonchev–Trinajstić information content (AvgIpc) is 2.96. The van der Waals surface area contributed by atoms with Gasteiger partial charge in [-0.2, -0.15) is 4.31 Å². The van der Waals surface area contributed by atoms with Crippen molar-refractivity contribution in [2.24, 2.45) is 0 Å². The van der Waals surface area contributed by atoms with Gasteiger partial charge in [0.05, 0.1) is 3.79 Å². The van der Waals surface area contributed by atoms with Gasteiger partial charge < -0.3 is 9.52 Å². The lowest BCUT2D eigenvalue weighted by molar-refractivity contribution is 0.0661. The average molecular weight is 394 g/mol. The maximum atomic E-state index is 12.5. The Labute approximate surface area is 134 Å². The Bertz CT molecular complexity index is 777. The predicted octanol–water partition coefficient (Wildman–Crippen LogP) is 2.93. The lowest BCUT2D eigenvalue weighted by Crippen LogP contribution is -2.26. The number of carboxylic acid groups (broad SMARTS) is 1. The molecule has 2 rings (SSSR count). The van der Waals surface area contributed by atoms with Gasteiger partial charge in [-0.3, -0.25) is 0 Å². The molecule has 0 saturated carbocycles. The molecule has 0 aliphatic heterocycles. The number of sulfonamides is 1. The highest BCUT2D eigenvalue weighted by Crippen LogP contribution is 2.26. The van der Waals surface area contributed by atoms with Gasteiger partial charge in [0.1, 0.15) is 10.7 Å². The molecule has 0 spiro atoms. The minimum absolute atomic E-state index is 0.0609. The molecule has 0 aromatic carbocycles. The van der Waals surface area contributed by atoms with Crippen molar-refractivity contribution in [1.82, 2.24) is 4.31 Å². The van der Waals surface area contributed by atoms with Crippen molar-refractivity contribution in [1.29, 1.82) is 0 Å². The molecule has 0 aliphatic carbocycles. The number of furan rings is 1. The summed E-state index contributed by atoms with van der Waals surface area (Å²) < 4.78 is 32.0. The van der Waals surface area contributed by atoms with E-state index in [4.69, 9.17) is 9.52 Å². The summed E-state index contributed by atoms with van der Waals surface area (Å²) in [6.45, 7) is 1.62. The van der Waals surface area contributed by atoms with E-state index in [0.717, 1.165) is 19.7 Å². The molecule has 1 N–H and O–H groups in total. The number of nitrogens with zero attached hydrogens (tertiary/aromatic N) is 1. The number of carbonyl (C=O) groups is 1. The molecule has 0 radical (unpaired) electrons. The Morgan fingerprint density at radius 1 is 1.48 bits per heavy atom. The number of aromatic carboxylic acids is 1. The van der Waals surface area contributed by atoms with Gasteiger partial charge in [0, 0.05) is 19.7 Å². The Hall–Kier alpha value is -1.16. The van der Waals surface area contributed by atoms with Crippen molar-refractivity contribution in [2.75, 3.05) is 7.05 Å². The van der Waals surface area contributed by atoms with Crippen molar-refractivity contribution in [3.8, 4) is 0 Å². The largest absolute Gasteiger partial charge is 0.475 e. The quantitative estimate of drug-likeness (QED) is 0.843. The van der Waals surface area contributed by atoms with Crippen molar-refractivity contribution in [3.63, 3.8) is 0 Å². The van der Waals surface area contributed by atoms with Crippen LogP contribution in [0, 0.1) is 6.92 Å². The molecule has 0 atom stereocenters. The van der Waals surface area contributed by atoms with E-state index in [9.17, 15) is 13.2 Å². The number of aryl methyl sites for hydroxylation is 1. The number of hydrogen-bond acceptors (Lipinski definition) is 5. The summed E-state index contributed by atoms with van der Waals surface area (Å²) in [7, 11) is -2.37. The molecule has 0 unspecified atom stereocenters. The fourth-order valence-corrected chi connectivity index (χ4v) is 4.28. The van der Waals surface area contributed by atoms with Crippen molar-refractivity contribution >= 4 is 43.3 Å². The zero-order valence-corrected chi connectivity index (χ0v) is 14.4. The van der Waals surface area contributed by atoms with Gasteiger partial charge in [-0.15, -0.1) is 11.3 Å². The third-order valence-corrected chi connectivity index (χ3v) is 6.26. The summed E-state index contributed by atoms with van der Waals surface area (Å²) >= 11 is 4.78. The van der Waals surface area contributed by atoms with Crippen LogP contribution in [-0.2, 0) is 16.6 Å². The summed E-state index contributed by atoms with van der Waals surface area (Å²) in [4.78, 5) is 10.7. The Morgan fingerprint density at radius 2 is 2.14 bits per heavy atom. The fraction of sp³-hybridized carbons (Fsp3) is 0.250. The van der Waals surface area contributed by atoms with Crippen LogP contribution in [0.15, 0.2) is 30.6 Å². The van der Waals surface area contributed by atoms with Gasteiger partial charge in [0.15, 0.2) is 0 Å². The number of halogens is 1. The van der Waals surface area contributed by atoms with Gasteiger partial charge in [0.25, 0.3) is 0 Å². The molecule has 2 aromatic heterocycles. The van der Waals surface area contributed by atoms with Gasteiger partial charge in [-0.1, -0.05) is 0 Å². The van der Waals surface area contributed by atoms with Crippen LogP contribution in [0.25, 0.3) is 0 Å². The summed E-state index contributed by atoms with van der Waals surface area (Å²) in [6, 6.07) is 2.87. The van der Waals surface area contributed by atoms with Crippen LogP contribution in [0.3, 0.4) is 0 Å². The smallest absolute Gasteiger partial charge is 0.371 e. The number of hydrogen-bond donors (Lipinski definition) is 1. The normalized spacial score (nSPS) is 12.0. The summed E-state index contributed by atoms with van der Waals surface area (Å²) in [5.41, 5.74) is 0.845. The molecule has 21 heavy (non-hydrogen) atoms. The molecule has 6 nitrogen and oxygen atoms in total. The number of rotatable bonds is 5. The highest BCUT2D eigenvalue weighted by molar-refractivity contribution is 9.11. The van der Waals surface area contributed by atoms with Crippen molar-refractivity contribution in [2.45, 2.75) is 18.4 Å². The zero-order valence-electron chi connectivity index (χ0n) is 11.2. The van der Waals surface area contributed by atoms with Gasteiger partial charge in [-0.05, 0) is 39.9 Å². The van der Waals surface area contributed by atoms with Gasteiger partial charge in [-0.25, -0.2) is 13.2 Å². The first kappa shape index (κ1) is 16.2. The van der Waals surface area contributed by atoms with E-state index in [1.807, 2.05) is 11.4 Å². The van der Waals surface area contributed by atoms with Crippen molar-refractivity contribution < 1.29 is 22.7 Å². The van der Waals surface area contributed by atoms with E-state index in [2.05, 4.69) is 15.9 Å². The SMILES string of the molecule is Cc1oc(C(=O)O)cc1S(=O)(=O)N(C)Cc1csc(Br)c1. The molecule has 0 amide bonds. The van der Waals surface area contributed by atoms with E-state index in [1.165, 1.54) is 25.3 Å². The van der Waals surface area contributed by atoms with Crippen LogP contribution >= 0.6 is 27.3 Å². The first-order valence-corrected chi connectivity index (χ1v) is 8.86. The first-order chi connectivity index (χ1) is 9.71. The zero-order chi connectivity index (χ0) is 15.8. The second-order valence-electron chi connectivity index (χ2n) is 4.36. The van der Waals surface area contributed by atoms with E-state index in [0.29, 0.717) is 0 Å². The minimum atomic E-state index is -3.81. The summed E-state index contributed by atoms with van der Waals surface area (Å²) in [5.74, 6) is -1.63. The maximum Gasteiger partial charge on any atom is 0.371 e. The molecule has 0 fully saturated rings. The van der Waals surface area contributed by atoms with E-state index < -0.39 is 21.8 Å². The van der Waals surface area contributed by atoms with Crippen LogP contribution in [0.1, 0.15) is 21.9 Å². The van der Waals surface area contributed by atoms with E-state index in [-0.39, 0.29) is 17.2 Å². The second kappa shape index (κ2) is 5.91.